The maximum Gasteiger partial charge on any atom is 0.312 e. The Morgan fingerprint density at radius 3 is 2.45 bits per heavy atom. The Kier molecular flexibility index (Phi) is 4.47. The van der Waals surface area contributed by atoms with Crippen molar-refractivity contribution in [1.29, 1.82) is 0 Å². The van der Waals surface area contributed by atoms with Crippen molar-refractivity contribution in [3.8, 4) is 5.75 Å². The second kappa shape index (κ2) is 6.29. The summed E-state index contributed by atoms with van der Waals surface area (Å²) in [7, 11) is -1.45. The average Bonchev–Trinajstić information content (AvgIpc) is 2.48. The molecule has 6 heteroatoms. The van der Waals surface area contributed by atoms with Gasteiger partial charge in [0, 0.05) is 11.0 Å². The lowest BCUT2D eigenvalue weighted by molar-refractivity contribution is -0.386. The molecule has 0 aliphatic carbocycles. The maximum atomic E-state index is 12.3. The summed E-state index contributed by atoms with van der Waals surface area (Å²) in [5.74, 6) is 0.186. The topological polar surface area (TPSA) is 69.4 Å². The third-order valence-electron chi connectivity index (χ3n) is 2.60. The summed E-state index contributed by atoms with van der Waals surface area (Å²) in [5.41, 5.74) is -0.173. The van der Waals surface area contributed by atoms with E-state index in [9.17, 15) is 14.3 Å². The van der Waals surface area contributed by atoms with Crippen LogP contribution in [0.2, 0.25) is 0 Å². The summed E-state index contributed by atoms with van der Waals surface area (Å²) in [5, 5.41) is 11.0. The Morgan fingerprint density at radius 1 is 1.15 bits per heavy atom. The van der Waals surface area contributed by atoms with Crippen molar-refractivity contribution < 1.29 is 13.9 Å². The molecule has 0 heterocycles. The number of nitrogens with zero attached hydrogens (tertiary/aromatic N) is 1. The Balaban J connectivity index is 2.41. The van der Waals surface area contributed by atoms with Crippen LogP contribution in [0.1, 0.15) is 6.92 Å². The number of ether oxygens (including phenoxy) is 1. The molecule has 0 aliphatic rings. The van der Waals surface area contributed by atoms with Crippen LogP contribution in [0.3, 0.4) is 0 Å². The third-order valence-corrected chi connectivity index (χ3v) is 3.98. The molecule has 2 aromatic rings. The molecule has 0 spiro atoms. The summed E-state index contributed by atoms with van der Waals surface area (Å²) in [6, 6.07) is 13.2. The molecular weight excluding hydrogens is 278 g/mol. The Morgan fingerprint density at radius 2 is 1.85 bits per heavy atom. The minimum Gasteiger partial charge on any atom is -0.487 e. The van der Waals surface area contributed by atoms with Gasteiger partial charge in [-0.05, 0) is 31.2 Å². The molecular formula is C14H13NO4S. The molecule has 2 rings (SSSR count). The van der Waals surface area contributed by atoms with Crippen LogP contribution < -0.4 is 4.74 Å². The van der Waals surface area contributed by atoms with Crippen molar-refractivity contribution >= 4 is 16.5 Å². The van der Waals surface area contributed by atoms with E-state index < -0.39 is 15.7 Å². The van der Waals surface area contributed by atoms with E-state index in [2.05, 4.69) is 0 Å². The molecule has 0 aromatic heterocycles. The summed E-state index contributed by atoms with van der Waals surface area (Å²) < 4.78 is 17.5. The van der Waals surface area contributed by atoms with Gasteiger partial charge in [-0.3, -0.25) is 10.1 Å². The highest BCUT2D eigenvalue weighted by Gasteiger charge is 2.18. The molecule has 0 aliphatic heterocycles. The van der Waals surface area contributed by atoms with Gasteiger partial charge in [0.25, 0.3) is 0 Å². The summed E-state index contributed by atoms with van der Waals surface area (Å²) in [4.78, 5) is 11.5. The highest BCUT2D eigenvalue weighted by atomic mass is 32.2. The maximum absolute atomic E-state index is 12.3. The Bertz CT molecular complexity index is 643. The van der Waals surface area contributed by atoms with E-state index in [1.54, 1.807) is 37.3 Å². The van der Waals surface area contributed by atoms with E-state index in [1.807, 2.05) is 6.07 Å². The Labute approximate surface area is 118 Å². The molecule has 104 valence electrons. The van der Waals surface area contributed by atoms with Gasteiger partial charge in [0.2, 0.25) is 0 Å². The van der Waals surface area contributed by atoms with E-state index in [4.69, 9.17) is 4.74 Å². The van der Waals surface area contributed by atoms with Crippen molar-refractivity contribution in [1.82, 2.24) is 0 Å². The van der Waals surface area contributed by atoms with Gasteiger partial charge in [0.05, 0.1) is 27.2 Å². The van der Waals surface area contributed by atoms with Crippen molar-refractivity contribution in [2.24, 2.45) is 0 Å². The van der Waals surface area contributed by atoms with Crippen LogP contribution in [-0.4, -0.2) is 15.7 Å². The fourth-order valence-electron chi connectivity index (χ4n) is 1.71. The zero-order valence-corrected chi connectivity index (χ0v) is 11.6. The third kappa shape index (κ3) is 3.03. The minimum atomic E-state index is -1.45. The van der Waals surface area contributed by atoms with E-state index in [0.717, 1.165) is 0 Å². The smallest absolute Gasteiger partial charge is 0.312 e. The molecule has 0 N–H and O–H groups in total. The molecule has 0 bridgehead atoms. The zero-order valence-electron chi connectivity index (χ0n) is 10.8. The van der Waals surface area contributed by atoms with Crippen molar-refractivity contribution in [2.75, 3.05) is 6.61 Å². The van der Waals surface area contributed by atoms with Crippen LogP contribution in [0.25, 0.3) is 0 Å². The van der Waals surface area contributed by atoms with E-state index in [-0.39, 0.29) is 11.4 Å². The average molecular weight is 291 g/mol. The number of nitro benzene ring substituents is 1. The van der Waals surface area contributed by atoms with Gasteiger partial charge in [0.15, 0.2) is 5.75 Å². The summed E-state index contributed by atoms with van der Waals surface area (Å²) >= 11 is 0. The number of nitro groups is 1. The molecule has 1 unspecified atom stereocenters. The lowest BCUT2D eigenvalue weighted by Gasteiger charge is -2.06. The molecule has 0 radical (unpaired) electrons. The predicted octanol–water partition coefficient (Wildman–Crippen LogP) is 3.16. The molecule has 5 nitrogen and oxygen atoms in total. The molecule has 0 amide bonds. The molecule has 0 saturated carbocycles. The molecule has 20 heavy (non-hydrogen) atoms. The lowest BCUT2D eigenvalue weighted by atomic mass is 10.3. The molecule has 2 aromatic carbocycles. The zero-order chi connectivity index (χ0) is 14.5. The van der Waals surface area contributed by atoms with Crippen LogP contribution in [0, 0.1) is 10.1 Å². The first kappa shape index (κ1) is 14.2. The largest absolute Gasteiger partial charge is 0.487 e. The molecule has 1 atom stereocenters. The van der Waals surface area contributed by atoms with Gasteiger partial charge in [0.1, 0.15) is 0 Å². The normalized spacial score (nSPS) is 11.8. The van der Waals surface area contributed by atoms with Crippen LogP contribution in [0.4, 0.5) is 5.69 Å². The quantitative estimate of drug-likeness (QED) is 0.626. The lowest BCUT2D eigenvalue weighted by Crippen LogP contribution is -2.00. The van der Waals surface area contributed by atoms with Gasteiger partial charge in [-0.2, -0.15) is 0 Å². The Hall–Kier alpha value is -2.21. The van der Waals surface area contributed by atoms with Crippen LogP contribution in [0.5, 0.6) is 5.75 Å². The summed E-state index contributed by atoms with van der Waals surface area (Å²) in [6.45, 7) is 2.09. The van der Waals surface area contributed by atoms with Crippen molar-refractivity contribution in [2.45, 2.75) is 16.7 Å². The van der Waals surface area contributed by atoms with Gasteiger partial charge in [-0.25, -0.2) is 4.21 Å². The van der Waals surface area contributed by atoms with Gasteiger partial charge in [-0.15, -0.1) is 0 Å². The molecule has 0 fully saturated rings. The van der Waals surface area contributed by atoms with Gasteiger partial charge in [-0.1, -0.05) is 18.2 Å². The van der Waals surface area contributed by atoms with E-state index in [0.29, 0.717) is 16.4 Å². The van der Waals surface area contributed by atoms with E-state index >= 15 is 0 Å². The number of rotatable bonds is 5. The predicted molar refractivity (Wildman–Crippen MR) is 75.4 cm³/mol. The van der Waals surface area contributed by atoms with Gasteiger partial charge >= 0.3 is 5.69 Å². The van der Waals surface area contributed by atoms with Crippen molar-refractivity contribution in [3.05, 3.63) is 58.6 Å². The minimum absolute atomic E-state index is 0.173. The second-order valence-corrected chi connectivity index (χ2v) is 5.38. The molecule has 0 saturated heterocycles. The first-order valence-corrected chi connectivity index (χ1v) is 7.16. The number of hydrogen-bond donors (Lipinski definition) is 0. The standard InChI is InChI=1S/C14H13NO4S/c1-2-19-14-9-8-12(10-13(14)15(16)17)20(18)11-6-4-3-5-7-11/h3-10H,2H2,1H3. The second-order valence-electron chi connectivity index (χ2n) is 3.90. The first-order chi connectivity index (χ1) is 9.63. The van der Waals surface area contributed by atoms with E-state index in [1.165, 1.54) is 12.1 Å². The van der Waals surface area contributed by atoms with Crippen LogP contribution in [-0.2, 0) is 10.8 Å². The summed E-state index contributed by atoms with van der Waals surface area (Å²) in [6.07, 6.45) is 0. The first-order valence-electron chi connectivity index (χ1n) is 6.01. The van der Waals surface area contributed by atoms with Crippen LogP contribution in [0.15, 0.2) is 58.3 Å². The van der Waals surface area contributed by atoms with Crippen molar-refractivity contribution in [3.63, 3.8) is 0 Å². The SMILES string of the molecule is CCOc1ccc(S(=O)c2ccccc2)cc1[N+](=O)[O-]. The number of benzene rings is 2. The highest BCUT2D eigenvalue weighted by molar-refractivity contribution is 7.85. The fourth-order valence-corrected chi connectivity index (χ4v) is 2.80. The van der Waals surface area contributed by atoms with Crippen LogP contribution >= 0.6 is 0 Å². The van der Waals surface area contributed by atoms with Gasteiger partial charge < -0.3 is 4.74 Å². The monoisotopic (exact) mass is 291 g/mol. The highest BCUT2D eigenvalue weighted by Crippen LogP contribution is 2.30. The fraction of sp³-hybridized carbons (Fsp3) is 0.143. The number of hydrogen-bond acceptors (Lipinski definition) is 4.